The molecule has 0 aliphatic heterocycles. The SMILES string of the molecule is Cc1cc(C)cc(C(=O)Nc2c(F)c(F)c(F)c(F)c2F)c1. The normalized spacial score (nSPS) is 10.7. The number of nitrogens with one attached hydrogen (secondary N) is 1. The molecule has 2 aromatic rings. The first kappa shape index (κ1) is 15.9. The van der Waals surface area contributed by atoms with Crippen LogP contribution in [0.25, 0.3) is 0 Å². The van der Waals surface area contributed by atoms with Gasteiger partial charge in [0.1, 0.15) is 5.69 Å². The zero-order chi connectivity index (χ0) is 16.6. The molecule has 0 unspecified atom stereocenters. The van der Waals surface area contributed by atoms with Gasteiger partial charge in [0.2, 0.25) is 5.82 Å². The van der Waals surface area contributed by atoms with Gasteiger partial charge in [-0.3, -0.25) is 4.79 Å². The van der Waals surface area contributed by atoms with E-state index in [1.165, 1.54) is 12.1 Å². The van der Waals surface area contributed by atoms with Crippen molar-refractivity contribution in [2.45, 2.75) is 13.8 Å². The summed E-state index contributed by atoms with van der Waals surface area (Å²) in [4.78, 5) is 11.9. The number of rotatable bonds is 2. The molecule has 0 spiro atoms. The Balaban J connectivity index is 2.45. The van der Waals surface area contributed by atoms with E-state index < -0.39 is 40.7 Å². The van der Waals surface area contributed by atoms with Crippen LogP contribution in [0.5, 0.6) is 0 Å². The third kappa shape index (κ3) is 2.79. The molecule has 0 fully saturated rings. The van der Waals surface area contributed by atoms with Gasteiger partial charge in [0.05, 0.1) is 0 Å². The van der Waals surface area contributed by atoms with Crippen molar-refractivity contribution in [1.82, 2.24) is 0 Å². The Bertz CT molecular complexity index is 724. The van der Waals surface area contributed by atoms with Crippen molar-refractivity contribution in [1.29, 1.82) is 0 Å². The summed E-state index contributed by atoms with van der Waals surface area (Å²) in [5, 5.41) is 1.72. The summed E-state index contributed by atoms with van der Waals surface area (Å²) < 4.78 is 66.1. The van der Waals surface area contributed by atoms with Crippen molar-refractivity contribution in [3.63, 3.8) is 0 Å². The Morgan fingerprint density at radius 2 is 1.18 bits per heavy atom. The van der Waals surface area contributed by atoms with Crippen LogP contribution in [0.15, 0.2) is 18.2 Å². The second-order valence-electron chi connectivity index (χ2n) is 4.78. The Morgan fingerprint density at radius 1 is 0.773 bits per heavy atom. The van der Waals surface area contributed by atoms with E-state index in [1.54, 1.807) is 25.2 Å². The second-order valence-corrected chi connectivity index (χ2v) is 4.78. The molecule has 0 radical (unpaired) electrons. The zero-order valence-electron chi connectivity index (χ0n) is 11.5. The molecule has 0 atom stereocenters. The summed E-state index contributed by atoms with van der Waals surface area (Å²) in [5.74, 6) is -11.7. The maximum Gasteiger partial charge on any atom is 0.255 e. The van der Waals surface area contributed by atoms with Crippen LogP contribution in [0.2, 0.25) is 0 Å². The van der Waals surface area contributed by atoms with Gasteiger partial charge in [-0.2, -0.15) is 0 Å². The van der Waals surface area contributed by atoms with Gasteiger partial charge in [0, 0.05) is 5.56 Å². The Hall–Kier alpha value is -2.44. The molecule has 0 heterocycles. The third-order valence-corrected chi connectivity index (χ3v) is 2.93. The molecule has 7 heteroatoms. The molecule has 0 saturated carbocycles. The first-order valence-electron chi connectivity index (χ1n) is 6.13. The van der Waals surface area contributed by atoms with Crippen LogP contribution in [0, 0.1) is 42.9 Å². The Kier molecular flexibility index (Phi) is 4.16. The van der Waals surface area contributed by atoms with Crippen LogP contribution in [-0.2, 0) is 0 Å². The summed E-state index contributed by atoms with van der Waals surface area (Å²) in [6.45, 7) is 3.39. The highest BCUT2D eigenvalue weighted by atomic mass is 19.2. The van der Waals surface area contributed by atoms with Gasteiger partial charge in [0.15, 0.2) is 23.3 Å². The van der Waals surface area contributed by atoms with Gasteiger partial charge in [-0.05, 0) is 26.0 Å². The number of carbonyl (C=O) groups excluding carboxylic acids is 1. The summed E-state index contributed by atoms with van der Waals surface area (Å²) in [5.41, 5.74) is 0.0899. The number of hydrogen-bond acceptors (Lipinski definition) is 1. The summed E-state index contributed by atoms with van der Waals surface area (Å²) in [6.07, 6.45) is 0. The minimum atomic E-state index is -2.28. The van der Waals surface area contributed by atoms with Gasteiger partial charge >= 0.3 is 0 Å². The quantitative estimate of drug-likeness (QED) is 0.501. The van der Waals surface area contributed by atoms with Crippen LogP contribution >= 0.6 is 0 Å². The molecule has 0 aliphatic rings. The highest BCUT2D eigenvalue weighted by Crippen LogP contribution is 2.27. The van der Waals surface area contributed by atoms with Crippen molar-refractivity contribution < 1.29 is 26.7 Å². The van der Waals surface area contributed by atoms with E-state index in [1.807, 2.05) is 0 Å². The molecule has 2 rings (SSSR count). The van der Waals surface area contributed by atoms with Gasteiger partial charge in [-0.15, -0.1) is 0 Å². The monoisotopic (exact) mass is 315 g/mol. The molecule has 1 N–H and O–H groups in total. The number of aryl methyl sites for hydroxylation is 2. The van der Waals surface area contributed by atoms with E-state index in [9.17, 15) is 26.7 Å². The average Bonchev–Trinajstić information content (AvgIpc) is 2.46. The van der Waals surface area contributed by atoms with Gasteiger partial charge in [-0.25, -0.2) is 22.0 Å². The molecule has 0 bridgehead atoms. The van der Waals surface area contributed by atoms with E-state index >= 15 is 0 Å². The topological polar surface area (TPSA) is 29.1 Å². The lowest BCUT2D eigenvalue weighted by Gasteiger charge is -2.10. The third-order valence-electron chi connectivity index (χ3n) is 2.93. The van der Waals surface area contributed by atoms with Crippen LogP contribution in [0.3, 0.4) is 0 Å². The number of halogens is 5. The van der Waals surface area contributed by atoms with Crippen molar-refractivity contribution in [2.75, 3.05) is 5.32 Å². The number of hydrogen-bond donors (Lipinski definition) is 1. The van der Waals surface area contributed by atoms with Gasteiger partial charge < -0.3 is 5.32 Å². The van der Waals surface area contributed by atoms with Crippen molar-refractivity contribution >= 4 is 11.6 Å². The lowest BCUT2D eigenvalue weighted by molar-refractivity contribution is 0.102. The predicted octanol–water partition coefficient (Wildman–Crippen LogP) is 4.25. The van der Waals surface area contributed by atoms with E-state index in [2.05, 4.69) is 0 Å². The first-order chi connectivity index (χ1) is 10.2. The molecular formula is C15H10F5NO. The molecule has 0 saturated heterocycles. The molecular weight excluding hydrogens is 305 g/mol. The fourth-order valence-corrected chi connectivity index (χ4v) is 2.01. The van der Waals surface area contributed by atoms with Crippen molar-refractivity contribution in [3.05, 3.63) is 64.0 Å². The Labute approximate surface area is 122 Å². The summed E-state index contributed by atoms with van der Waals surface area (Å²) in [6, 6.07) is 4.61. The van der Waals surface area contributed by atoms with Crippen LogP contribution in [-0.4, -0.2) is 5.91 Å². The van der Waals surface area contributed by atoms with Crippen LogP contribution in [0.4, 0.5) is 27.6 Å². The Morgan fingerprint density at radius 3 is 1.64 bits per heavy atom. The largest absolute Gasteiger partial charge is 0.317 e. The van der Waals surface area contributed by atoms with Crippen molar-refractivity contribution in [2.24, 2.45) is 0 Å². The molecule has 1 amide bonds. The molecule has 0 aromatic heterocycles. The molecule has 2 nitrogen and oxygen atoms in total. The fourth-order valence-electron chi connectivity index (χ4n) is 2.01. The summed E-state index contributed by atoms with van der Waals surface area (Å²) >= 11 is 0. The number of benzene rings is 2. The zero-order valence-corrected chi connectivity index (χ0v) is 11.5. The fraction of sp³-hybridized carbons (Fsp3) is 0.133. The first-order valence-corrected chi connectivity index (χ1v) is 6.13. The average molecular weight is 315 g/mol. The molecule has 22 heavy (non-hydrogen) atoms. The predicted molar refractivity (Wildman–Crippen MR) is 70.1 cm³/mol. The standard InChI is InChI=1S/C15H10F5NO/c1-6-3-7(2)5-8(4-6)15(22)21-14-12(19)10(17)9(16)11(18)13(14)20/h3-5H,1-2H3,(H,21,22). The minimum absolute atomic E-state index is 0.0430. The minimum Gasteiger partial charge on any atom is -0.317 e. The smallest absolute Gasteiger partial charge is 0.255 e. The number of anilines is 1. The second kappa shape index (κ2) is 5.75. The molecule has 116 valence electrons. The van der Waals surface area contributed by atoms with Crippen molar-refractivity contribution in [3.8, 4) is 0 Å². The van der Waals surface area contributed by atoms with Crippen LogP contribution < -0.4 is 5.32 Å². The molecule has 0 aliphatic carbocycles. The van der Waals surface area contributed by atoms with Gasteiger partial charge in [0.25, 0.3) is 5.91 Å². The van der Waals surface area contributed by atoms with E-state index in [0.29, 0.717) is 11.1 Å². The highest BCUT2D eigenvalue weighted by Gasteiger charge is 2.27. The molecule has 2 aromatic carbocycles. The van der Waals surface area contributed by atoms with E-state index in [-0.39, 0.29) is 5.56 Å². The number of carbonyl (C=O) groups is 1. The summed E-state index contributed by atoms with van der Waals surface area (Å²) in [7, 11) is 0. The maximum atomic E-state index is 13.5. The lowest BCUT2D eigenvalue weighted by atomic mass is 10.1. The highest BCUT2D eigenvalue weighted by molar-refractivity contribution is 6.04. The van der Waals surface area contributed by atoms with E-state index in [4.69, 9.17) is 0 Å². The van der Waals surface area contributed by atoms with Crippen LogP contribution in [0.1, 0.15) is 21.5 Å². The maximum absolute atomic E-state index is 13.5. The number of amides is 1. The lowest BCUT2D eigenvalue weighted by Crippen LogP contribution is -2.17. The van der Waals surface area contributed by atoms with E-state index in [0.717, 1.165) is 0 Å². The van der Waals surface area contributed by atoms with Gasteiger partial charge in [-0.1, -0.05) is 17.2 Å².